The highest BCUT2D eigenvalue weighted by atomic mass is 16.5. The maximum Gasteiger partial charge on any atom is 0.0777 e. The van der Waals surface area contributed by atoms with Gasteiger partial charge in [-0.15, -0.1) is 0 Å². The number of rotatable bonds is 8. The summed E-state index contributed by atoms with van der Waals surface area (Å²) in [6.07, 6.45) is 4.97. The lowest BCUT2D eigenvalue weighted by molar-refractivity contribution is 0.00390. The quantitative estimate of drug-likeness (QED) is 0.634. The van der Waals surface area contributed by atoms with E-state index in [2.05, 4.69) is 13.8 Å². The molecular formula is C11H24O2. The highest BCUT2D eigenvalue weighted by Crippen LogP contribution is 2.13. The molecule has 0 saturated carbocycles. The van der Waals surface area contributed by atoms with Crippen molar-refractivity contribution >= 4 is 0 Å². The summed E-state index contributed by atoms with van der Waals surface area (Å²) in [4.78, 5) is 0. The maximum atomic E-state index is 8.77. The molecule has 1 N–H and O–H groups in total. The highest BCUT2D eigenvalue weighted by molar-refractivity contribution is 4.57. The minimum Gasteiger partial charge on any atom is -0.394 e. The third-order valence-corrected chi connectivity index (χ3v) is 2.42. The zero-order chi connectivity index (χ0) is 10.1. The summed E-state index contributed by atoms with van der Waals surface area (Å²) in [5.41, 5.74) is 0. The van der Waals surface area contributed by atoms with E-state index in [0.29, 0.717) is 5.92 Å². The Morgan fingerprint density at radius 3 is 2.46 bits per heavy atom. The van der Waals surface area contributed by atoms with Crippen molar-refractivity contribution in [3.8, 4) is 0 Å². The van der Waals surface area contributed by atoms with Gasteiger partial charge in [-0.05, 0) is 19.3 Å². The molecule has 0 aliphatic carbocycles. The normalized spacial score (nSPS) is 15.7. The second kappa shape index (κ2) is 8.52. The van der Waals surface area contributed by atoms with E-state index in [1.54, 1.807) is 0 Å². The van der Waals surface area contributed by atoms with Crippen LogP contribution in [-0.4, -0.2) is 24.4 Å². The van der Waals surface area contributed by atoms with Gasteiger partial charge in [0.05, 0.1) is 12.7 Å². The predicted molar refractivity (Wildman–Crippen MR) is 55.8 cm³/mol. The van der Waals surface area contributed by atoms with Gasteiger partial charge in [0.1, 0.15) is 0 Å². The molecule has 2 nitrogen and oxygen atoms in total. The summed E-state index contributed by atoms with van der Waals surface area (Å²) in [5, 5.41) is 8.77. The molecule has 0 rings (SSSR count). The zero-order valence-electron chi connectivity index (χ0n) is 9.25. The Bertz CT molecular complexity index is 104. The molecule has 0 aromatic rings. The fourth-order valence-corrected chi connectivity index (χ4v) is 1.25. The van der Waals surface area contributed by atoms with Gasteiger partial charge in [0.15, 0.2) is 0 Å². The van der Waals surface area contributed by atoms with Crippen LogP contribution in [0.4, 0.5) is 0 Å². The van der Waals surface area contributed by atoms with Gasteiger partial charge in [0.2, 0.25) is 0 Å². The molecule has 0 radical (unpaired) electrons. The summed E-state index contributed by atoms with van der Waals surface area (Å²) < 4.78 is 5.49. The summed E-state index contributed by atoms with van der Waals surface area (Å²) in [6, 6.07) is 0. The SMILES string of the molecule is CCCCC(CC)COC(C)CO. The Morgan fingerprint density at radius 1 is 1.31 bits per heavy atom. The van der Waals surface area contributed by atoms with Crippen molar-refractivity contribution in [1.29, 1.82) is 0 Å². The molecule has 0 aromatic heterocycles. The molecule has 0 aromatic carbocycles. The number of hydrogen-bond donors (Lipinski definition) is 1. The van der Waals surface area contributed by atoms with Crippen LogP contribution in [0.15, 0.2) is 0 Å². The van der Waals surface area contributed by atoms with Crippen LogP contribution < -0.4 is 0 Å². The Hall–Kier alpha value is -0.0800. The van der Waals surface area contributed by atoms with Gasteiger partial charge in [-0.3, -0.25) is 0 Å². The van der Waals surface area contributed by atoms with Gasteiger partial charge >= 0.3 is 0 Å². The lowest BCUT2D eigenvalue weighted by Crippen LogP contribution is -2.18. The molecule has 2 unspecified atom stereocenters. The average molecular weight is 188 g/mol. The highest BCUT2D eigenvalue weighted by Gasteiger charge is 2.08. The van der Waals surface area contributed by atoms with Crippen LogP contribution in [0.25, 0.3) is 0 Å². The summed E-state index contributed by atoms with van der Waals surface area (Å²) in [7, 11) is 0. The van der Waals surface area contributed by atoms with E-state index in [9.17, 15) is 0 Å². The van der Waals surface area contributed by atoms with E-state index in [1.807, 2.05) is 6.92 Å². The molecule has 0 aliphatic rings. The third kappa shape index (κ3) is 7.03. The largest absolute Gasteiger partial charge is 0.394 e. The van der Waals surface area contributed by atoms with E-state index in [0.717, 1.165) is 6.61 Å². The van der Waals surface area contributed by atoms with E-state index >= 15 is 0 Å². The van der Waals surface area contributed by atoms with E-state index in [4.69, 9.17) is 9.84 Å². The monoisotopic (exact) mass is 188 g/mol. The van der Waals surface area contributed by atoms with Crippen LogP contribution in [0.3, 0.4) is 0 Å². The molecule has 0 aliphatic heterocycles. The Labute approximate surface area is 82.3 Å². The van der Waals surface area contributed by atoms with Crippen LogP contribution in [0.1, 0.15) is 46.5 Å². The van der Waals surface area contributed by atoms with Crippen LogP contribution in [0.2, 0.25) is 0 Å². The first kappa shape index (κ1) is 12.9. The van der Waals surface area contributed by atoms with E-state index in [-0.39, 0.29) is 12.7 Å². The fourth-order valence-electron chi connectivity index (χ4n) is 1.25. The minimum atomic E-state index is -0.00400. The van der Waals surface area contributed by atoms with Crippen molar-refractivity contribution in [1.82, 2.24) is 0 Å². The predicted octanol–water partition coefficient (Wildman–Crippen LogP) is 2.60. The van der Waals surface area contributed by atoms with Gasteiger partial charge in [0, 0.05) is 6.61 Å². The van der Waals surface area contributed by atoms with Crippen molar-refractivity contribution in [2.75, 3.05) is 13.2 Å². The van der Waals surface area contributed by atoms with Gasteiger partial charge in [-0.2, -0.15) is 0 Å². The molecule has 2 atom stereocenters. The van der Waals surface area contributed by atoms with Crippen molar-refractivity contribution in [3.05, 3.63) is 0 Å². The molecule has 0 bridgehead atoms. The van der Waals surface area contributed by atoms with Gasteiger partial charge < -0.3 is 9.84 Å². The van der Waals surface area contributed by atoms with Crippen molar-refractivity contribution < 1.29 is 9.84 Å². The lowest BCUT2D eigenvalue weighted by Gasteiger charge is -2.17. The molecule has 0 saturated heterocycles. The number of hydrogen-bond acceptors (Lipinski definition) is 2. The van der Waals surface area contributed by atoms with Gasteiger partial charge in [0.25, 0.3) is 0 Å². The lowest BCUT2D eigenvalue weighted by atomic mass is 10.0. The second-order valence-electron chi connectivity index (χ2n) is 3.74. The van der Waals surface area contributed by atoms with Crippen LogP contribution in [0.5, 0.6) is 0 Å². The number of ether oxygens (including phenoxy) is 1. The zero-order valence-corrected chi connectivity index (χ0v) is 9.25. The molecule has 2 heteroatoms. The van der Waals surface area contributed by atoms with Crippen molar-refractivity contribution in [2.24, 2.45) is 5.92 Å². The van der Waals surface area contributed by atoms with Crippen LogP contribution in [-0.2, 0) is 4.74 Å². The van der Waals surface area contributed by atoms with Crippen molar-refractivity contribution in [3.63, 3.8) is 0 Å². The van der Waals surface area contributed by atoms with E-state index in [1.165, 1.54) is 25.7 Å². The second-order valence-corrected chi connectivity index (χ2v) is 3.74. The van der Waals surface area contributed by atoms with Crippen LogP contribution >= 0.6 is 0 Å². The Kier molecular flexibility index (Phi) is 8.46. The third-order valence-electron chi connectivity index (χ3n) is 2.42. The number of unbranched alkanes of at least 4 members (excludes halogenated alkanes) is 1. The molecule has 13 heavy (non-hydrogen) atoms. The molecule has 0 heterocycles. The Balaban J connectivity index is 3.46. The molecule has 80 valence electrons. The van der Waals surface area contributed by atoms with Gasteiger partial charge in [-0.25, -0.2) is 0 Å². The average Bonchev–Trinajstić information content (AvgIpc) is 2.17. The molecule has 0 amide bonds. The number of aliphatic hydroxyl groups is 1. The summed E-state index contributed by atoms with van der Waals surface area (Å²) in [6.45, 7) is 7.26. The molecule has 0 fully saturated rings. The van der Waals surface area contributed by atoms with Crippen LogP contribution in [0, 0.1) is 5.92 Å². The standard InChI is InChI=1S/C11H24O2/c1-4-6-7-11(5-2)9-13-10(3)8-12/h10-12H,4-9H2,1-3H3. The molecule has 0 spiro atoms. The minimum absolute atomic E-state index is 0.00400. The number of aliphatic hydroxyl groups excluding tert-OH is 1. The fraction of sp³-hybridized carbons (Fsp3) is 1.00. The van der Waals surface area contributed by atoms with Crippen molar-refractivity contribution in [2.45, 2.75) is 52.6 Å². The first-order valence-electron chi connectivity index (χ1n) is 5.47. The van der Waals surface area contributed by atoms with Gasteiger partial charge in [-0.1, -0.05) is 33.1 Å². The summed E-state index contributed by atoms with van der Waals surface area (Å²) >= 11 is 0. The smallest absolute Gasteiger partial charge is 0.0777 e. The Morgan fingerprint density at radius 2 is 2.00 bits per heavy atom. The molecular weight excluding hydrogens is 164 g/mol. The van der Waals surface area contributed by atoms with E-state index < -0.39 is 0 Å². The first-order chi connectivity index (χ1) is 6.24. The first-order valence-corrected chi connectivity index (χ1v) is 5.47. The summed E-state index contributed by atoms with van der Waals surface area (Å²) in [5.74, 6) is 0.675. The topological polar surface area (TPSA) is 29.5 Å². The maximum absolute atomic E-state index is 8.77.